The molecule has 0 aliphatic rings. The zero-order chi connectivity index (χ0) is 16.9. The van der Waals surface area contributed by atoms with E-state index in [1.165, 1.54) is 23.1 Å². The topological polar surface area (TPSA) is 60.1 Å². The zero-order valence-electron chi connectivity index (χ0n) is 12.9. The molecule has 0 spiro atoms. The molecule has 2 heterocycles. The Hall–Kier alpha value is -1.90. The van der Waals surface area contributed by atoms with Gasteiger partial charge >= 0.3 is 0 Å². The molecular formula is C16H15N3O2S3. The maximum Gasteiger partial charge on any atom is 0.230 e. The Kier molecular flexibility index (Phi) is 5.49. The lowest BCUT2D eigenvalue weighted by Gasteiger charge is -2.04. The lowest BCUT2D eigenvalue weighted by molar-refractivity contribution is -0.118. The van der Waals surface area contributed by atoms with Gasteiger partial charge in [0.1, 0.15) is 5.76 Å². The predicted molar refractivity (Wildman–Crippen MR) is 98.3 cm³/mol. The number of para-hydroxylation sites is 1. The molecule has 0 bridgehead atoms. The van der Waals surface area contributed by atoms with Crippen LogP contribution in [-0.4, -0.2) is 21.4 Å². The van der Waals surface area contributed by atoms with Crippen LogP contribution in [0.3, 0.4) is 0 Å². The maximum absolute atomic E-state index is 11.9. The van der Waals surface area contributed by atoms with Gasteiger partial charge in [0.15, 0.2) is 8.29 Å². The van der Waals surface area contributed by atoms with E-state index in [-0.39, 0.29) is 11.7 Å². The number of carbonyl (C=O) groups is 1. The number of carbonyl (C=O) groups excluding carboxylic acids is 1. The van der Waals surface area contributed by atoms with Crippen molar-refractivity contribution in [3.05, 3.63) is 57.9 Å². The monoisotopic (exact) mass is 377 g/mol. The first-order chi connectivity index (χ1) is 11.6. The minimum atomic E-state index is -0.0695. The summed E-state index contributed by atoms with van der Waals surface area (Å²) in [5, 5.41) is 7.33. The molecule has 5 nitrogen and oxygen atoms in total. The molecule has 24 heavy (non-hydrogen) atoms. The Labute approximate surface area is 152 Å². The minimum absolute atomic E-state index is 0.0695. The molecule has 1 N–H and O–H groups in total. The molecule has 0 saturated heterocycles. The second kappa shape index (κ2) is 7.78. The van der Waals surface area contributed by atoms with Gasteiger partial charge in [-0.3, -0.25) is 4.79 Å². The molecule has 3 aromatic rings. The van der Waals surface area contributed by atoms with E-state index in [1.807, 2.05) is 37.3 Å². The SMILES string of the molecule is Cc1ccccc1-n1nc(SCC(=O)NCc2ccco2)sc1=S. The van der Waals surface area contributed by atoms with Crippen LogP contribution in [0.15, 0.2) is 51.4 Å². The number of furan rings is 1. The molecule has 0 fully saturated rings. The van der Waals surface area contributed by atoms with Gasteiger partial charge in [-0.05, 0) is 42.9 Å². The number of amides is 1. The number of aryl methyl sites for hydroxylation is 1. The molecule has 3 rings (SSSR count). The number of hydrogen-bond acceptors (Lipinski definition) is 6. The maximum atomic E-state index is 11.9. The average molecular weight is 378 g/mol. The van der Waals surface area contributed by atoms with Crippen molar-refractivity contribution in [2.75, 3.05) is 5.75 Å². The summed E-state index contributed by atoms with van der Waals surface area (Å²) in [5.74, 6) is 0.948. The smallest absolute Gasteiger partial charge is 0.230 e. The van der Waals surface area contributed by atoms with Crippen LogP contribution in [0, 0.1) is 10.9 Å². The quantitative estimate of drug-likeness (QED) is 0.520. The number of rotatable bonds is 6. The Balaban J connectivity index is 1.60. The Morgan fingerprint density at radius 3 is 2.96 bits per heavy atom. The molecule has 0 aliphatic heterocycles. The summed E-state index contributed by atoms with van der Waals surface area (Å²) >= 11 is 8.18. The highest BCUT2D eigenvalue weighted by Gasteiger charge is 2.10. The van der Waals surface area contributed by atoms with Crippen molar-refractivity contribution < 1.29 is 9.21 Å². The van der Waals surface area contributed by atoms with Crippen LogP contribution < -0.4 is 5.32 Å². The van der Waals surface area contributed by atoms with Crippen LogP contribution in [0.1, 0.15) is 11.3 Å². The second-order valence-corrected chi connectivity index (χ2v) is 7.82. The largest absolute Gasteiger partial charge is 0.467 e. The molecule has 0 atom stereocenters. The molecule has 0 radical (unpaired) electrons. The van der Waals surface area contributed by atoms with Crippen LogP contribution in [0.2, 0.25) is 0 Å². The van der Waals surface area contributed by atoms with Gasteiger partial charge in [-0.25, -0.2) is 4.68 Å². The Morgan fingerprint density at radius 2 is 2.21 bits per heavy atom. The number of thioether (sulfide) groups is 1. The number of hydrogen-bond donors (Lipinski definition) is 1. The molecule has 0 saturated carbocycles. The highest BCUT2D eigenvalue weighted by Crippen LogP contribution is 2.25. The van der Waals surface area contributed by atoms with Crippen molar-refractivity contribution in [3.8, 4) is 5.69 Å². The van der Waals surface area contributed by atoms with Gasteiger partial charge in [0.05, 0.1) is 24.2 Å². The number of benzene rings is 1. The highest BCUT2D eigenvalue weighted by molar-refractivity contribution is 8.01. The van der Waals surface area contributed by atoms with E-state index < -0.39 is 0 Å². The zero-order valence-corrected chi connectivity index (χ0v) is 15.3. The van der Waals surface area contributed by atoms with Crippen molar-refractivity contribution in [3.63, 3.8) is 0 Å². The van der Waals surface area contributed by atoms with Crippen molar-refractivity contribution in [2.45, 2.75) is 17.8 Å². The minimum Gasteiger partial charge on any atom is -0.467 e. The lowest BCUT2D eigenvalue weighted by Crippen LogP contribution is -2.24. The average Bonchev–Trinajstić information content (AvgIpc) is 3.21. The molecular weight excluding hydrogens is 362 g/mol. The molecule has 0 aliphatic carbocycles. The number of nitrogens with one attached hydrogen (secondary N) is 1. The summed E-state index contributed by atoms with van der Waals surface area (Å²) in [6.07, 6.45) is 1.58. The summed E-state index contributed by atoms with van der Waals surface area (Å²) in [6.45, 7) is 2.41. The molecule has 2 aromatic heterocycles. The standard InChI is InChI=1S/C16H15N3O2S3/c1-11-5-2-3-7-13(11)19-16(22)24-15(18-19)23-10-14(20)17-9-12-6-4-8-21-12/h2-8H,9-10H2,1H3,(H,17,20). The molecule has 1 amide bonds. The van der Waals surface area contributed by atoms with E-state index >= 15 is 0 Å². The normalized spacial score (nSPS) is 10.7. The van der Waals surface area contributed by atoms with Gasteiger partial charge < -0.3 is 9.73 Å². The van der Waals surface area contributed by atoms with Crippen LogP contribution in [-0.2, 0) is 11.3 Å². The van der Waals surface area contributed by atoms with Crippen molar-refractivity contribution in [2.24, 2.45) is 0 Å². The third kappa shape index (κ3) is 4.14. The summed E-state index contributed by atoms with van der Waals surface area (Å²) < 4.78 is 8.37. The molecule has 8 heteroatoms. The summed E-state index contributed by atoms with van der Waals surface area (Å²) in [4.78, 5) is 11.9. The Bertz CT molecular complexity index is 884. The van der Waals surface area contributed by atoms with E-state index in [0.717, 1.165) is 21.4 Å². The van der Waals surface area contributed by atoms with Gasteiger partial charge in [-0.1, -0.05) is 41.3 Å². The van der Waals surface area contributed by atoms with Gasteiger partial charge in [-0.2, -0.15) is 0 Å². The van der Waals surface area contributed by atoms with Crippen LogP contribution in [0.25, 0.3) is 5.69 Å². The van der Waals surface area contributed by atoms with Crippen LogP contribution >= 0.6 is 35.3 Å². The molecule has 1 aromatic carbocycles. The molecule has 124 valence electrons. The van der Waals surface area contributed by atoms with E-state index in [4.69, 9.17) is 16.6 Å². The van der Waals surface area contributed by atoms with E-state index in [0.29, 0.717) is 10.5 Å². The van der Waals surface area contributed by atoms with Crippen molar-refractivity contribution in [1.29, 1.82) is 0 Å². The van der Waals surface area contributed by atoms with Crippen molar-refractivity contribution in [1.82, 2.24) is 15.1 Å². The van der Waals surface area contributed by atoms with Crippen molar-refractivity contribution >= 4 is 41.2 Å². The molecule has 0 unspecified atom stereocenters. The fraction of sp³-hybridized carbons (Fsp3) is 0.188. The summed E-state index contributed by atoms with van der Waals surface area (Å²) in [7, 11) is 0. The fourth-order valence-electron chi connectivity index (χ4n) is 2.05. The van der Waals surface area contributed by atoms with Gasteiger partial charge in [0.2, 0.25) is 5.91 Å². The first-order valence-electron chi connectivity index (χ1n) is 7.21. The third-order valence-corrected chi connectivity index (χ3v) is 5.60. The van der Waals surface area contributed by atoms with Gasteiger partial charge in [-0.15, -0.1) is 5.10 Å². The Morgan fingerprint density at radius 1 is 1.38 bits per heavy atom. The summed E-state index contributed by atoms with van der Waals surface area (Å²) in [5.41, 5.74) is 2.07. The number of nitrogens with zero attached hydrogens (tertiary/aromatic N) is 2. The van der Waals surface area contributed by atoms with Crippen LogP contribution in [0.4, 0.5) is 0 Å². The second-order valence-electron chi connectivity index (χ2n) is 4.98. The fourth-order valence-corrected chi connectivity index (χ4v) is 4.23. The predicted octanol–water partition coefficient (Wildman–Crippen LogP) is 3.97. The van der Waals surface area contributed by atoms with Gasteiger partial charge in [0.25, 0.3) is 0 Å². The first kappa shape index (κ1) is 16.9. The summed E-state index contributed by atoms with van der Waals surface area (Å²) in [6, 6.07) is 11.6. The van der Waals surface area contributed by atoms with Crippen LogP contribution in [0.5, 0.6) is 0 Å². The highest BCUT2D eigenvalue weighted by atomic mass is 32.2. The van der Waals surface area contributed by atoms with E-state index in [1.54, 1.807) is 17.0 Å². The van der Waals surface area contributed by atoms with E-state index in [2.05, 4.69) is 10.4 Å². The van der Waals surface area contributed by atoms with E-state index in [9.17, 15) is 4.79 Å². The number of aromatic nitrogens is 2. The third-order valence-electron chi connectivity index (χ3n) is 3.24. The lowest BCUT2D eigenvalue weighted by atomic mass is 10.2. The van der Waals surface area contributed by atoms with Gasteiger partial charge in [0, 0.05) is 0 Å². The first-order valence-corrected chi connectivity index (χ1v) is 9.42.